The SMILES string of the molecule is COc1ccc(NC(=O)NCC(O)c2ccc(F)cc2)cc1OCC(F)(F)F. The van der Waals surface area contributed by atoms with Crippen LogP contribution in [0.5, 0.6) is 11.5 Å². The third-order valence-corrected chi connectivity index (χ3v) is 3.52. The molecule has 0 fully saturated rings. The van der Waals surface area contributed by atoms with Crippen LogP contribution in [0.2, 0.25) is 0 Å². The van der Waals surface area contributed by atoms with Gasteiger partial charge in [-0.3, -0.25) is 0 Å². The van der Waals surface area contributed by atoms with Crippen LogP contribution < -0.4 is 20.1 Å². The summed E-state index contributed by atoms with van der Waals surface area (Å²) in [5.41, 5.74) is 0.570. The highest BCUT2D eigenvalue weighted by Crippen LogP contribution is 2.31. The van der Waals surface area contributed by atoms with Crippen LogP contribution >= 0.6 is 0 Å². The first kappa shape index (κ1) is 21.3. The van der Waals surface area contributed by atoms with Gasteiger partial charge in [-0.05, 0) is 29.8 Å². The van der Waals surface area contributed by atoms with Crippen molar-refractivity contribution in [2.45, 2.75) is 12.3 Å². The van der Waals surface area contributed by atoms with Crippen molar-refractivity contribution in [2.75, 3.05) is 25.6 Å². The number of anilines is 1. The molecule has 0 aliphatic heterocycles. The van der Waals surface area contributed by atoms with E-state index in [0.717, 1.165) is 0 Å². The van der Waals surface area contributed by atoms with Crippen LogP contribution in [0.25, 0.3) is 0 Å². The Kier molecular flexibility index (Phi) is 7.05. The smallest absolute Gasteiger partial charge is 0.422 e. The average Bonchev–Trinajstić information content (AvgIpc) is 2.64. The maximum atomic E-state index is 12.9. The van der Waals surface area contributed by atoms with Gasteiger partial charge in [-0.15, -0.1) is 0 Å². The molecule has 1 unspecified atom stereocenters. The van der Waals surface area contributed by atoms with Gasteiger partial charge in [0.15, 0.2) is 18.1 Å². The molecule has 1 atom stereocenters. The van der Waals surface area contributed by atoms with Gasteiger partial charge in [-0.2, -0.15) is 13.2 Å². The monoisotopic (exact) mass is 402 g/mol. The molecule has 0 aliphatic carbocycles. The first-order valence-corrected chi connectivity index (χ1v) is 8.04. The Morgan fingerprint density at radius 1 is 1.14 bits per heavy atom. The maximum Gasteiger partial charge on any atom is 0.422 e. The van der Waals surface area contributed by atoms with Gasteiger partial charge in [0.25, 0.3) is 0 Å². The molecule has 2 rings (SSSR count). The fraction of sp³-hybridized carbons (Fsp3) is 0.278. The molecular formula is C18H18F4N2O4. The molecule has 0 saturated carbocycles. The first-order chi connectivity index (χ1) is 13.2. The summed E-state index contributed by atoms with van der Waals surface area (Å²) in [6.07, 6.45) is -5.59. The van der Waals surface area contributed by atoms with Crippen molar-refractivity contribution in [3.63, 3.8) is 0 Å². The van der Waals surface area contributed by atoms with Gasteiger partial charge in [-0.1, -0.05) is 12.1 Å². The lowest BCUT2D eigenvalue weighted by Gasteiger charge is -2.15. The zero-order valence-electron chi connectivity index (χ0n) is 14.7. The Morgan fingerprint density at radius 2 is 1.82 bits per heavy atom. The molecule has 0 spiro atoms. The predicted octanol–water partition coefficient (Wildman–Crippen LogP) is 3.63. The lowest BCUT2D eigenvalue weighted by atomic mass is 10.1. The number of rotatable bonds is 7. The van der Waals surface area contributed by atoms with E-state index in [1.165, 1.54) is 49.6 Å². The summed E-state index contributed by atoms with van der Waals surface area (Å²) in [7, 11) is 1.27. The largest absolute Gasteiger partial charge is 0.493 e. The molecule has 2 aromatic rings. The van der Waals surface area contributed by atoms with E-state index in [9.17, 15) is 27.5 Å². The number of benzene rings is 2. The van der Waals surface area contributed by atoms with Crippen molar-refractivity contribution < 1.29 is 36.9 Å². The fourth-order valence-corrected chi connectivity index (χ4v) is 2.19. The minimum Gasteiger partial charge on any atom is -0.493 e. The van der Waals surface area contributed by atoms with E-state index in [1.54, 1.807) is 0 Å². The van der Waals surface area contributed by atoms with Gasteiger partial charge in [0.2, 0.25) is 0 Å². The number of carbonyl (C=O) groups excluding carboxylic acids is 1. The number of methoxy groups -OCH3 is 1. The number of aliphatic hydroxyl groups excluding tert-OH is 1. The van der Waals surface area contributed by atoms with Crippen LogP contribution in [-0.2, 0) is 0 Å². The Hall–Kier alpha value is -3.01. The van der Waals surface area contributed by atoms with Crippen LogP contribution in [0, 0.1) is 5.82 Å². The summed E-state index contributed by atoms with van der Waals surface area (Å²) < 4.78 is 59.5. The van der Waals surface area contributed by atoms with Gasteiger partial charge < -0.3 is 25.2 Å². The van der Waals surface area contributed by atoms with E-state index >= 15 is 0 Å². The second-order valence-corrected chi connectivity index (χ2v) is 5.67. The number of aliphatic hydroxyl groups is 1. The van der Waals surface area contributed by atoms with E-state index in [-0.39, 0.29) is 23.7 Å². The molecule has 0 heterocycles. The van der Waals surface area contributed by atoms with Gasteiger partial charge in [0.1, 0.15) is 5.82 Å². The number of hydrogen-bond donors (Lipinski definition) is 3. The molecule has 2 aromatic carbocycles. The van der Waals surface area contributed by atoms with E-state index in [2.05, 4.69) is 15.4 Å². The lowest BCUT2D eigenvalue weighted by molar-refractivity contribution is -0.153. The van der Waals surface area contributed by atoms with E-state index in [0.29, 0.717) is 5.56 Å². The predicted molar refractivity (Wildman–Crippen MR) is 92.9 cm³/mol. The first-order valence-electron chi connectivity index (χ1n) is 8.04. The van der Waals surface area contributed by atoms with E-state index in [4.69, 9.17) is 4.74 Å². The van der Waals surface area contributed by atoms with Crippen molar-refractivity contribution in [1.82, 2.24) is 5.32 Å². The maximum absolute atomic E-state index is 12.9. The zero-order valence-corrected chi connectivity index (χ0v) is 14.7. The number of hydrogen-bond acceptors (Lipinski definition) is 4. The summed E-state index contributed by atoms with van der Waals surface area (Å²) in [4.78, 5) is 11.9. The highest BCUT2D eigenvalue weighted by atomic mass is 19.4. The standard InChI is InChI=1S/C18H18F4N2O4/c1-27-15-7-6-13(8-16(15)28-10-18(20,21)22)24-17(26)23-9-14(25)11-2-4-12(19)5-3-11/h2-8,14,25H,9-10H2,1H3,(H2,23,24,26). The number of amides is 2. The molecule has 0 radical (unpaired) electrons. The molecule has 6 nitrogen and oxygen atoms in total. The molecule has 152 valence electrons. The van der Waals surface area contributed by atoms with Crippen molar-refractivity contribution in [1.29, 1.82) is 0 Å². The molecule has 10 heteroatoms. The molecule has 3 N–H and O–H groups in total. The molecule has 0 saturated heterocycles. The number of halogens is 4. The third kappa shape index (κ3) is 6.62. The van der Waals surface area contributed by atoms with Gasteiger partial charge >= 0.3 is 12.2 Å². The Labute approximate surface area is 158 Å². The molecule has 28 heavy (non-hydrogen) atoms. The number of urea groups is 1. The molecule has 0 aliphatic rings. The minimum absolute atomic E-state index is 0.0712. The Morgan fingerprint density at radius 3 is 2.43 bits per heavy atom. The Balaban J connectivity index is 1.94. The summed E-state index contributed by atoms with van der Waals surface area (Å²) in [5.74, 6) is -0.574. The normalized spacial score (nSPS) is 12.2. The summed E-state index contributed by atoms with van der Waals surface area (Å²) in [6.45, 7) is -1.67. The Bertz CT molecular complexity index is 797. The summed E-state index contributed by atoms with van der Waals surface area (Å²) in [6, 6.07) is 8.36. The topological polar surface area (TPSA) is 79.8 Å². The quantitative estimate of drug-likeness (QED) is 0.618. The number of ether oxygens (including phenoxy) is 2. The highest BCUT2D eigenvalue weighted by Gasteiger charge is 2.29. The number of carbonyl (C=O) groups is 1. The van der Waals surface area contributed by atoms with Crippen LogP contribution in [-0.4, -0.2) is 37.6 Å². The molecule has 2 amide bonds. The summed E-state index contributed by atoms with van der Waals surface area (Å²) >= 11 is 0. The number of alkyl halides is 3. The fourth-order valence-electron chi connectivity index (χ4n) is 2.19. The third-order valence-electron chi connectivity index (χ3n) is 3.52. The average molecular weight is 402 g/mol. The minimum atomic E-state index is -4.53. The van der Waals surface area contributed by atoms with Crippen molar-refractivity contribution in [3.05, 3.63) is 53.8 Å². The zero-order chi connectivity index (χ0) is 20.7. The van der Waals surface area contributed by atoms with Crippen LogP contribution in [0.3, 0.4) is 0 Å². The van der Waals surface area contributed by atoms with Crippen LogP contribution in [0.1, 0.15) is 11.7 Å². The lowest BCUT2D eigenvalue weighted by Crippen LogP contribution is -2.32. The van der Waals surface area contributed by atoms with Crippen molar-refractivity contribution >= 4 is 11.7 Å². The van der Waals surface area contributed by atoms with Gasteiger partial charge in [0.05, 0.1) is 13.2 Å². The van der Waals surface area contributed by atoms with E-state index in [1.807, 2.05) is 0 Å². The van der Waals surface area contributed by atoms with Gasteiger partial charge in [0, 0.05) is 18.3 Å². The highest BCUT2D eigenvalue weighted by molar-refractivity contribution is 5.89. The molecule has 0 bridgehead atoms. The van der Waals surface area contributed by atoms with Crippen LogP contribution in [0.15, 0.2) is 42.5 Å². The van der Waals surface area contributed by atoms with E-state index < -0.39 is 30.7 Å². The second-order valence-electron chi connectivity index (χ2n) is 5.67. The second kappa shape index (κ2) is 9.27. The molecule has 0 aromatic heterocycles. The number of nitrogens with one attached hydrogen (secondary N) is 2. The summed E-state index contributed by atoms with van der Waals surface area (Å²) in [5, 5.41) is 14.8. The van der Waals surface area contributed by atoms with Gasteiger partial charge in [-0.25, -0.2) is 9.18 Å². The molecular weight excluding hydrogens is 384 g/mol. The van der Waals surface area contributed by atoms with Crippen molar-refractivity contribution in [2.24, 2.45) is 0 Å². The van der Waals surface area contributed by atoms with Crippen molar-refractivity contribution in [3.8, 4) is 11.5 Å². The van der Waals surface area contributed by atoms with Crippen LogP contribution in [0.4, 0.5) is 28.0 Å².